The molecule has 0 amide bonds. The van der Waals surface area contributed by atoms with Crippen LogP contribution in [0, 0.1) is 5.92 Å². The molecule has 1 aliphatic carbocycles. The molecule has 2 N–H and O–H groups in total. The van der Waals surface area contributed by atoms with E-state index >= 15 is 0 Å². The second kappa shape index (κ2) is 9.02. The molecular formula is C23H24F3N3O3. The predicted molar refractivity (Wildman–Crippen MR) is 115 cm³/mol. The lowest BCUT2D eigenvalue weighted by molar-refractivity contribution is -0.274. The standard InChI is InChI=1S/C23H24F3N3O3/c1-22(2,3)32-21(30)19-12-18(19)14-4-6-15(7-5-14)20(27)29-13-28-16-8-10-17(11-9-16)31-23(24,25)26/h4-11,13,18-19H,12H2,1-3H3,(H2,27,28,29). The number of amidine groups is 1. The second-order valence-electron chi connectivity index (χ2n) is 8.40. The maximum absolute atomic E-state index is 12.2. The fourth-order valence-electron chi connectivity index (χ4n) is 3.07. The molecule has 2 aromatic rings. The number of aliphatic imine (C=N–C) groups is 2. The largest absolute Gasteiger partial charge is 0.573 e. The lowest BCUT2D eigenvalue weighted by Gasteiger charge is -2.19. The van der Waals surface area contributed by atoms with Crippen LogP contribution in [0.4, 0.5) is 18.9 Å². The molecule has 3 rings (SSSR count). The first-order valence-corrected chi connectivity index (χ1v) is 9.96. The van der Waals surface area contributed by atoms with Gasteiger partial charge in [0, 0.05) is 5.56 Å². The highest BCUT2D eigenvalue weighted by Gasteiger charge is 2.46. The van der Waals surface area contributed by atoms with Gasteiger partial charge in [0.15, 0.2) is 0 Å². The van der Waals surface area contributed by atoms with Gasteiger partial charge in [0.25, 0.3) is 0 Å². The SMILES string of the molecule is CC(C)(C)OC(=O)C1CC1c1ccc(C(N)=NC=Nc2ccc(OC(F)(F)F)cc2)cc1. The average Bonchev–Trinajstić information content (AvgIpc) is 3.48. The van der Waals surface area contributed by atoms with Crippen LogP contribution in [0.1, 0.15) is 44.2 Å². The molecule has 0 saturated heterocycles. The Morgan fingerprint density at radius 1 is 1.06 bits per heavy atom. The van der Waals surface area contributed by atoms with Gasteiger partial charge in [0.2, 0.25) is 0 Å². The maximum atomic E-state index is 12.2. The molecule has 2 aromatic carbocycles. The summed E-state index contributed by atoms with van der Waals surface area (Å²) in [5.74, 6) is -0.253. The van der Waals surface area contributed by atoms with Crippen LogP contribution in [0.25, 0.3) is 0 Å². The van der Waals surface area contributed by atoms with Crippen molar-refractivity contribution in [2.45, 2.75) is 45.1 Å². The van der Waals surface area contributed by atoms with Gasteiger partial charge in [-0.2, -0.15) is 0 Å². The number of halogens is 3. The Bertz CT molecular complexity index is 1010. The molecule has 6 nitrogen and oxygen atoms in total. The number of ether oxygens (including phenoxy) is 2. The Kier molecular flexibility index (Phi) is 6.57. The Balaban J connectivity index is 1.56. The maximum Gasteiger partial charge on any atom is 0.573 e. The molecule has 0 radical (unpaired) electrons. The minimum atomic E-state index is -4.74. The number of hydrogen-bond acceptors (Lipinski definition) is 4. The molecular weight excluding hydrogens is 423 g/mol. The van der Waals surface area contributed by atoms with E-state index in [1.54, 1.807) is 0 Å². The number of nitrogens with zero attached hydrogens (tertiary/aromatic N) is 2. The van der Waals surface area contributed by atoms with E-state index in [0.717, 1.165) is 24.1 Å². The van der Waals surface area contributed by atoms with Gasteiger partial charge in [-0.05, 0) is 62.9 Å². The molecule has 32 heavy (non-hydrogen) atoms. The topological polar surface area (TPSA) is 86.3 Å². The van der Waals surface area contributed by atoms with E-state index < -0.39 is 12.0 Å². The molecule has 0 aliphatic heterocycles. The summed E-state index contributed by atoms with van der Waals surface area (Å²) < 4.78 is 45.8. The molecule has 1 saturated carbocycles. The zero-order chi connectivity index (χ0) is 23.5. The van der Waals surface area contributed by atoms with Crippen LogP contribution < -0.4 is 10.5 Å². The van der Waals surface area contributed by atoms with Gasteiger partial charge in [-0.25, -0.2) is 9.98 Å². The van der Waals surface area contributed by atoms with Gasteiger partial charge in [-0.1, -0.05) is 24.3 Å². The summed E-state index contributed by atoms with van der Waals surface area (Å²) in [6.07, 6.45) is -2.76. The van der Waals surface area contributed by atoms with Gasteiger partial charge in [0.05, 0.1) is 11.6 Å². The van der Waals surface area contributed by atoms with E-state index in [2.05, 4.69) is 14.7 Å². The average molecular weight is 447 g/mol. The van der Waals surface area contributed by atoms with E-state index in [1.165, 1.54) is 18.5 Å². The molecule has 1 aliphatic rings. The van der Waals surface area contributed by atoms with E-state index in [0.29, 0.717) is 11.3 Å². The second-order valence-corrected chi connectivity index (χ2v) is 8.40. The first kappa shape index (κ1) is 23.3. The number of hydrogen-bond donors (Lipinski definition) is 1. The quantitative estimate of drug-likeness (QED) is 0.379. The number of benzene rings is 2. The van der Waals surface area contributed by atoms with Crippen molar-refractivity contribution in [3.63, 3.8) is 0 Å². The fourth-order valence-corrected chi connectivity index (χ4v) is 3.07. The smallest absolute Gasteiger partial charge is 0.460 e. The van der Waals surface area contributed by atoms with E-state index in [4.69, 9.17) is 10.5 Å². The third kappa shape index (κ3) is 6.83. The van der Waals surface area contributed by atoms with Crippen LogP contribution in [0.15, 0.2) is 58.5 Å². The highest BCUT2D eigenvalue weighted by molar-refractivity contribution is 6.01. The van der Waals surface area contributed by atoms with Crippen molar-refractivity contribution in [2.75, 3.05) is 0 Å². The van der Waals surface area contributed by atoms with Gasteiger partial charge in [0.1, 0.15) is 23.5 Å². The first-order chi connectivity index (χ1) is 14.9. The molecule has 1 fully saturated rings. The van der Waals surface area contributed by atoms with Crippen molar-refractivity contribution in [1.82, 2.24) is 0 Å². The number of esters is 1. The molecule has 0 spiro atoms. The Morgan fingerprint density at radius 2 is 1.69 bits per heavy atom. The molecule has 9 heteroatoms. The summed E-state index contributed by atoms with van der Waals surface area (Å²) in [6.45, 7) is 5.54. The number of rotatable bonds is 6. The van der Waals surface area contributed by atoms with Crippen molar-refractivity contribution in [3.8, 4) is 5.75 Å². The third-order valence-electron chi connectivity index (χ3n) is 4.61. The van der Waals surface area contributed by atoms with Gasteiger partial charge in [-0.3, -0.25) is 4.79 Å². The molecule has 170 valence electrons. The summed E-state index contributed by atoms with van der Waals surface area (Å²) in [7, 11) is 0. The fraction of sp³-hybridized carbons (Fsp3) is 0.348. The molecule has 2 atom stereocenters. The zero-order valence-corrected chi connectivity index (χ0v) is 17.9. The van der Waals surface area contributed by atoms with Crippen molar-refractivity contribution in [3.05, 3.63) is 59.7 Å². The first-order valence-electron chi connectivity index (χ1n) is 9.96. The number of nitrogens with two attached hydrogens (primary N) is 1. The van der Waals surface area contributed by atoms with Crippen molar-refractivity contribution < 1.29 is 27.4 Å². The summed E-state index contributed by atoms with van der Waals surface area (Å²) in [6, 6.07) is 12.5. The summed E-state index contributed by atoms with van der Waals surface area (Å²) in [4.78, 5) is 20.3. The van der Waals surface area contributed by atoms with Crippen LogP contribution in [-0.2, 0) is 9.53 Å². The van der Waals surface area contributed by atoms with Crippen LogP contribution in [0.3, 0.4) is 0 Å². The lowest BCUT2D eigenvalue weighted by Crippen LogP contribution is -2.25. The normalized spacial score (nSPS) is 19.1. The van der Waals surface area contributed by atoms with Crippen LogP contribution >= 0.6 is 0 Å². The summed E-state index contributed by atoms with van der Waals surface area (Å²) >= 11 is 0. The monoisotopic (exact) mass is 447 g/mol. The van der Waals surface area contributed by atoms with Crippen LogP contribution in [0.5, 0.6) is 5.75 Å². The lowest BCUT2D eigenvalue weighted by atomic mass is 10.1. The molecule has 0 aromatic heterocycles. The minimum Gasteiger partial charge on any atom is -0.460 e. The van der Waals surface area contributed by atoms with Gasteiger partial charge in [-0.15, -0.1) is 13.2 Å². The Labute approximate surface area is 184 Å². The van der Waals surface area contributed by atoms with Crippen molar-refractivity contribution in [2.24, 2.45) is 21.6 Å². The van der Waals surface area contributed by atoms with Gasteiger partial charge < -0.3 is 15.2 Å². The third-order valence-corrected chi connectivity index (χ3v) is 4.61. The number of alkyl halides is 3. The predicted octanol–water partition coefficient (Wildman–Crippen LogP) is 5.10. The van der Waals surface area contributed by atoms with Crippen LogP contribution in [-0.4, -0.2) is 30.1 Å². The van der Waals surface area contributed by atoms with Crippen LogP contribution in [0.2, 0.25) is 0 Å². The minimum absolute atomic E-state index is 0.119. The number of carbonyl (C=O) groups is 1. The zero-order valence-electron chi connectivity index (χ0n) is 17.9. The highest BCUT2D eigenvalue weighted by Crippen LogP contribution is 2.48. The Hall–Kier alpha value is -3.36. The van der Waals surface area contributed by atoms with E-state index in [9.17, 15) is 18.0 Å². The molecule has 2 unspecified atom stereocenters. The van der Waals surface area contributed by atoms with Crippen molar-refractivity contribution in [1.29, 1.82) is 0 Å². The Morgan fingerprint density at radius 3 is 2.25 bits per heavy atom. The highest BCUT2D eigenvalue weighted by atomic mass is 19.4. The molecule has 0 heterocycles. The van der Waals surface area contributed by atoms with Gasteiger partial charge >= 0.3 is 12.3 Å². The number of carbonyl (C=O) groups excluding carboxylic acids is 1. The summed E-state index contributed by atoms with van der Waals surface area (Å²) in [5, 5.41) is 0. The van der Waals surface area contributed by atoms with E-state index in [-0.39, 0.29) is 29.4 Å². The molecule has 0 bridgehead atoms. The van der Waals surface area contributed by atoms with Crippen molar-refractivity contribution >= 4 is 23.8 Å². The van der Waals surface area contributed by atoms with E-state index in [1.807, 2.05) is 45.0 Å². The summed E-state index contributed by atoms with van der Waals surface area (Å²) in [5.41, 5.74) is 7.59.